The van der Waals surface area contributed by atoms with E-state index in [9.17, 15) is 14.4 Å². The average molecular weight is 537 g/mol. The Morgan fingerprint density at radius 3 is 2.60 bits per heavy atom. The third-order valence-electron chi connectivity index (χ3n) is 5.41. The summed E-state index contributed by atoms with van der Waals surface area (Å²) < 4.78 is 16.5. The quantitative estimate of drug-likeness (QED) is 0.482. The Balaban J connectivity index is 1.49. The highest BCUT2D eigenvalue weighted by Gasteiger charge is 2.37. The molecule has 2 aromatic carbocycles. The highest BCUT2D eigenvalue weighted by atomic mass is 35.5. The van der Waals surface area contributed by atoms with Crippen molar-refractivity contribution in [2.75, 3.05) is 40.0 Å². The van der Waals surface area contributed by atoms with E-state index in [0.29, 0.717) is 48.4 Å². The van der Waals surface area contributed by atoms with Crippen LogP contribution in [0, 0.1) is 0 Å². The van der Waals surface area contributed by atoms with Crippen molar-refractivity contribution in [2.45, 2.75) is 6.61 Å². The molecule has 0 radical (unpaired) electrons. The van der Waals surface area contributed by atoms with Crippen LogP contribution in [-0.4, -0.2) is 66.8 Å². The Kier molecular flexibility index (Phi) is 8.22. The summed E-state index contributed by atoms with van der Waals surface area (Å²) in [5, 5.41) is 0.340. The molecule has 0 N–H and O–H groups in total. The minimum absolute atomic E-state index is 0.186. The normalized spacial score (nSPS) is 17.3. The Morgan fingerprint density at radius 1 is 1.14 bits per heavy atom. The molecule has 8 nitrogen and oxygen atoms in total. The summed E-state index contributed by atoms with van der Waals surface area (Å²) in [6.07, 6.45) is 1.54. The van der Waals surface area contributed by atoms with Crippen LogP contribution in [0.2, 0.25) is 10.0 Å². The van der Waals surface area contributed by atoms with Gasteiger partial charge in [-0.25, -0.2) is 0 Å². The maximum absolute atomic E-state index is 12.9. The van der Waals surface area contributed by atoms with Gasteiger partial charge in [0.05, 0.1) is 30.3 Å². The summed E-state index contributed by atoms with van der Waals surface area (Å²) in [4.78, 5) is 40.5. The Labute approximate surface area is 216 Å². The first-order chi connectivity index (χ1) is 16.9. The van der Waals surface area contributed by atoms with Gasteiger partial charge in [0.1, 0.15) is 13.2 Å². The van der Waals surface area contributed by atoms with Gasteiger partial charge in [0, 0.05) is 23.7 Å². The molecule has 2 saturated heterocycles. The van der Waals surface area contributed by atoms with Crippen LogP contribution in [0.25, 0.3) is 6.08 Å². The van der Waals surface area contributed by atoms with E-state index >= 15 is 0 Å². The van der Waals surface area contributed by atoms with Gasteiger partial charge in [0.25, 0.3) is 11.1 Å². The number of methoxy groups -OCH3 is 1. The SMILES string of the molecule is COc1cc(/C=C2\SC(=O)N(CC(=O)N3CCOCC3)C2=O)cc(Cl)c1OCc1ccccc1Cl. The summed E-state index contributed by atoms with van der Waals surface area (Å²) in [6, 6.07) is 10.6. The van der Waals surface area contributed by atoms with Gasteiger partial charge >= 0.3 is 0 Å². The average Bonchev–Trinajstić information content (AvgIpc) is 3.11. The van der Waals surface area contributed by atoms with Crippen molar-refractivity contribution in [2.24, 2.45) is 0 Å². The zero-order valence-electron chi connectivity index (χ0n) is 18.8. The minimum Gasteiger partial charge on any atom is -0.493 e. The molecule has 3 amide bonds. The van der Waals surface area contributed by atoms with Crippen molar-refractivity contribution < 1.29 is 28.6 Å². The molecule has 2 aliphatic heterocycles. The fourth-order valence-corrected chi connectivity index (χ4v) is 4.87. The Bertz CT molecular complexity index is 1180. The first-order valence-corrected chi connectivity index (χ1v) is 12.3. The van der Waals surface area contributed by atoms with Crippen molar-refractivity contribution >= 4 is 58.1 Å². The largest absolute Gasteiger partial charge is 0.493 e. The number of nitrogens with zero attached hydrogens (tertiary/aromatic N) is 2. The first kappa shape index (κ1) is 25.4. The molecular weight excluding hydrogens is 515 g/mol. The highest BCUT2D eigenvalue weighted by molar-refractivity contribution is 8.18. The van der Waals surface area contributed by atoms with Crippen molar-refractivity contribution in [1.29, 1.82) is 0 Å². The monoisotopic (exact) mass is 536 g/mol. The van der Waals surface area contributed by atoms with Gasteiger partial charge < -0.3 is 19.1 Å². The van der Waals surface area contributed by atoms with E-state index in [2.05, 4.69) is 0 Å². The van der Waals surface area contributed by atoms with Crippen LogP contribution in [0.4, 0.5) is 4.79 Å². The van der Waals surface area contributed by atoms with Gasteiger partial charge in [-0.2, -0.15) is 0 Å². The van der Waals surface area contributed by atoms with E-state index in [1.807, 2.05) is 18.2 Å². The van der Waals surface area contributed by atoms with Crippen LogP contribution in [0.5, 0.6) is 11.5 Å². The second-order valence-corrected chi connectivity index (χ2v) is 9.48. The van der Waals surface area contributed by atoms with Gasteiger partial charge in [-0.15, -0.1) is 0 Å². The van der Waals surface area contributed by atoms with Crippen LogP contribution < -0.4 is 9.47 Å². The number of thioether (sulfide) groups is 1. The molecular formula is C24H22Cl2N2O6S. The number of hydrogen-bond donors (Lipinski definition) is 0. The molecule has 0 saturated carbocycles. The summed E-state index contributed by atoms with van der Waals surface area (Å²) in [5.74, 6) is -0.134. The number of ether oxygens (including phenoxy) is 3. The molecule has 2 fully saturated rings. The molecule has 2 aromatic rings. The summed E-state index contributed by atoms with van der Waals surface area (Å²) in [7, 11) is 1.48. The number of carbonyl (C=O) groups is 3. The van der Waals surface area contributed by atoms with Gasteiger partial charge in [-0.05, 0) is 41.6 Å². The third-order valence-corrected chi connectivity index (χ3v) is 6.97. The lowest BCUT2D eigenvalue weighted by molar-refractivity contribution is -0.139. The number of halogens is 2. The standard InChI is InChI=1S/C24H22Cl2N2O6S/c1-32-19-11-15(10-18(26)22(19)34-14-16-4-2-3-5-17(16)25)12-20-23(30)28(24(31)35-20)13-21(29)27-6-8-33-9-7-27/h2-5,10-12H,6-9,13-14H2,1H3/b20-12-. The zero-order valence-corrected chi connectivity index (χ0v) is 21.1. The van der Waals surface area contributed by atoms with Crippen molar-refractivity contribution in [3.8, 4) is 11.5 Å². The topological polar surface area (TPSA) is 85.4 Å². The zero-order chi connectivity index (χ0) is 24.9. The number of imide groups is 1. The van der Waals surface area contributed by atoms with E-state index in [-0.39, 0.29) is 29.0 Å². The lowest BCUT2D eigenvalue weighted by atomic mass is 10.1. The Morgan fingerprint density at radius 2 is 1.89 bits per heavy atom. The number of carbonyl (C=O) groups excluding carboxylic acids is 3. The van der Waals surface area contributed by atoms with Crippen LogP contribution in [0.3, 0.4) is 0 Å². The summed E-state index contributed by atoms with van der Waals surface area (Å²) in [6.45, 7) is 1.64. The number of amides is 3. The Hall–Kier alpha value is -2.72. The highest BCUT2D eigenvalue weighted by Crippen LogP contribution is 2.39. The van der Waals surface area contributed by atoms with E-state index in [1.54, 1.807) is 23.1 Å². The van der Waals surface area contributed by atoms with E-state index < -0.39 is 11.1 Å². The molecule has 0 atom stereocenters. The third kappa shape index (κ3) is 5.92. The van der Waals surface area contributed by atoms with Gasteiger partial charge in [0.2, 0.25) is 5.91 Å². The van der Waals surface area contributed by atoms with Gasteiger partial charge in [0.15, 0.2) is 11.5 Å². The first-order valence-electron chi connectivity index (χ1n) is 10.7. The molecule has 0 aromatic heterocycles. The number of hydrogen-bond acceptors (Lipinski definition) is 7. The molecule has 2 aliphatic rings. The second kappa shape index (κ2) is 11.3. The maximum Gasteiger partial charge on any atom is 0.294 e. The fraction of sp³-hybridized carbons (Fsp3) is 0.292. The van der Waals surface area contributed by atoms with Crippen LogP contribution in [0.15, 0.2) is 41.3 Å². The molecule has 0 aliphatic carbocycles. The van der Waals surface area contributed by atoms with Crippen LogP contribution in [-0.2, 0) is 20.9 Å². The van der Waals surface area contributed by atoms with Crippen molar-refractivity contribution in [3.63, 3.8) is 0 Å². The second-order valence-electron chi connectivity index (χ2n) is 7.68. The molecule has 0 spiro atoms. The molecule has 2 heterocycles. The van der Waals surface area contributed by atoms with E-state index in [0.717, 1.165) is 22.2 Å². The lowest BCUT2D eigenvalue weighted by Crippen LogP contribution is -2.46. The fourth-order valence-electron chi connectivity index (χ4n) is 3.56. The molecule has 11 heteroatoms. The van der Waals surface area contributed by atoms with Crippen LogP contribution >= 0.6 is 35.0 Å². The van der Waals surface area contributed by atoms with Crippen molar-refractivity contribution in [1.82, 2.24) is 9.80 Å². The molecule has 4 rings (SSSR count). The molecule has 184 valence electrons. The lowest BCUT2D eigenvalue weighted by Gasteiger charge is -2.28. The number of morpholine rings is 1. The predicted octanol–water partition coefficient (Wildman–Crippen LogP) is 4.48. The van der Waals surface area contributed by atoms with E-state index in [4.69, 9.17) is 37.4 Å². The summed E-state index contributed by atoms with van der Waals surface area (Å²) >= 11 is 13.4. The van der Waals surface area contributed by atoms with Gasteiger partial charge in [-0.1, -0.05) is 41.4 Å². The summed E-state index contributed by atoms with van der Waals surface area (Å²) in [5.41, 5.74) is 1.33. The molecule has 0 unspecified atom stereocenters. The number of benzene rings is 2. The maximum atomic E-state index is 12.9. The predicted molar refractivity (Wildman–Crippen MR) is 134 cm³/mol. The van der Waals surface area contributed by atoms with Crippen molar-refractivity contribution in [3.05, 3.63) is 62.5 Å². The molecule has 35 heavy (non-hydrogen) atoms. The smallest absolute Gasteiger partial charge is 0.294 e. The van der Waals surface area contributed by atoms with E-state index in [1.165, 1.54) is 13.2 Å². The number of rotatable bonds is 7. The van der Waals surface area contributed by atoms with Gasteiger partial charge in [-0.3, -0.25) is 19.3 Å². The molecule has 0 bridgehead atoms. The van der Waals surface area contributed by atoms with Crippen LogP contribution in [0.1, 0.15) is 11.1 Å². The minimum atomic E-state index is -0.532.